The predicted molar refractivity (Wildman–Crippen MR) is 88.5 cm³/mol. The Kier molecular flexibility index (Phi) is 5.29. The van der Waals surface area contributed by atoms with Gasteiger partial charge in [-0.1, -0.05) is 18.9 Å². The van der Waals surface area contributed by atoms with Crippen molar-refractivity contribution in [3.05, 3.63) is 29.6 Å². The number of rotatable bonds is 5. The van der Waals surface area contributed by atoms with Crippen molar-refractivity contribution in [2.45, 2.75) is 76.7 Å². The van der Waals surface area contributed by atoms with E-state index in [1.54, 1.807) is 0 Å². The molecule has 2 fully saturated rings. The maximum absolute atomic E-state index is 4.63. The van der Waals surface area contributed by atoms with E-state index in [-0.39, 0.29) is 0 Å². The minimum absolute atomic E-state index is 0.713. The van der Waals surface area contributed by atoms with Gasteiger partial charge in [-0.3, -0.25) is 4.98 Å². The van der Waals surface area contributed by atoms with Crippen molar-refractivity contribution in [3.63, 3.8) is 0 Å². The lowest BCUT2D eigenvalue weighted by Crippen LogP contribution is -2.29. The van der Waals surface area contributed by atoms with Crippen molar-refractivity contribution in [3.8, 4) is 0 Å². The minimum Gasteiger partial charge on any atom is -0.314 e. The number of nitrogens with one attached hydrogen (secondary N) is 1. The van der Waals surface area contributed by atoms with Gasteiger partial charge in [0.1, 0.15) is 0 Å². The van der Waals surface area contributed by atoms with Gasteiger partial charge in [-0.15, -0.1) is 0 Å². The Morgan fingerprint density at radius 3 is 2.57 bits per heavy atom. The van der Waals surface area contributed by atoms with Crippen LogP contribution in [-0.2, 0) is 0 Å². The molecule has 0 atom stereocenters. The topological polar surface area (TPSA) is 24.9 Å². The predicted octanol–water partition coefficient (Wildman–Crippen LogP) is 4.59. The zero-order valence-electron chi connectivity index (χ0n) is 13.5. The summed E-state index contributed by atoms with van der Waals surface area (Å²) < 4.78 is 0. The molecule has 2 aliphatic rings. The molecule has 21 heavy (non-hydrogen) atoms. The molecule has 0 radical (unpaired) electrons. The molecule has 0 unspecified atom stereocenters. The SMILES string of the molecule is Cc1cccnc1C1CCC(CCNC2CCCC2)CC1. The molecule has 2 heteroatoms. The van der Waals surface area contributed by atoms with E-state index in [1.807, 2.05) is 6.20 Å². The Hall–Kier alpha value is -0.890. The smallest absolute Gasteiger partial charge is 0.0463 e. The molecule has 2 saturated carbocycles. The maximum Gasteiger partial charge on any atom is 0.0463 e. The van der Waals surface area contributed by atoms with Crippen LogP contribution in [0.25, 0.3) is 0 Å². The second-order valence-corrected chi connectivity index (χ2v) is 7.15. The second-order valence-electron chi connectivity index (χ2n) is 7.15. The van der Waals surface area contributed by atoms with Crippen molar-refractivity contribution < 1.29 is 0 Å². The quantitative estimate of drug-likeness (QED) is 0.856. The first kappa shape index (κ1) is 15.0. The normalized spacial score (nSPS) is 27.1. The molecule has 1 aromatic rings. The van der Waals surface area contributed by atoms with Crippen LogP contribution in [0.2, 0.25) is 0 Å². The highest BCUT2D eigenvalue weighted by Crippen LogP contribution is 2.37. The summed E-state index contributed by atoms with van der Waals surface area (Å²) in [4.78, 5) is 4.63. The summed E-state index contributed by atoms with van der Waals surface area (Å²) in [6, 6.07) is 5.09. The first-order chi connectivity index (χ1) is 10.3. The van der Waals surface area contributed by atoms with E-state index in [1.165, 1.54) is 75.6 Å². The molecule has 0 aliphatic heterocycles. The second kappa shape index (κ2) is 7.40. The van der Waals surface area contributed by atoms with Gasteiger partial charge in [0.25, 0.3) is 0 Å². The van der Waals surface area contributed by atoms with E-state index in [4.69, 9.17) is 0 Å². The van der Waals surface area contributed by atoms with Gasteiger partial charge in [-0.05, 0) is 76.0 Å². The number of aryl methyl sites for hydroxylation is 1. The fourth-order valence-electron chi connectivity index (χ4n) is 4.27. The van der Waals surface area contributed by atoms with E-state index >= 15 is 0 Å². The minimum atomic E-state index is 0.713. The molecule has 1 heterocycles. The Morgan fingerprint density at radius 2 is 1.86 bits per heavy atom. The molecular formula is C19H30N2. The van der Waals surface area contributed by atoms with Crippen LogP contribution in [0.15, 0.2) is 18.3 Å². The van der Waals surface area contributed by atoms with E-state index < -0.39 is 0 Å². The van der Waals surface area contributed by atoms with Crippen LogP contribution in [0, 0.1) is 12.8 Å². The Bertz CT molecular complexity index is 429. The van der Waals surface area contributed by atoms with Crippen molar-refractivity contribution in [2.24, 2.45) is 5.92 Å². The lowest BCUT2D eigenvalue weighted by Gasteiger charge is -2.29. The summed E-state index contributed by atoms with van der Waals surface area (Å²) in [6.07, 6.45) is 14.5. The van der Waals surface area contributed by atoms with Gasteiger partial charge >= 0.3 is 0 Å². The maximum atomic E-state index is 4.63. The first-order valence-electron chi connectivity index (χ1n) is 8.98. The summed E-state index contributed by atoms with van der Waals surface area (Å²) in [5.41, 5.74) is 2.74. The van der Waals surface area contributed by atoms with Crippen molar-refractivity contribution in [2.75, 3.05) is 6.54 Å². The van der Waals surface area contributed by atoms with Gasteiger partial charge in [-0.25, -0.2) is 0 Å². The van der Waals surface area contributed by atoms with E-state index in [0.717, 1.165) is 12.0 Å². The van der Waals surface area contributed by atoms with Gasteiger partial charge in [-0.2, -0.15) is 0 Å². The van der Waals surface area contributed by atoms with Gasteiger partial charge in [0.05, 0.1) is 0 Å². The fourth-order valence-corrected chi connectivity index (χ4v) is 4.27. The molecule has 1 N–H and O–H groups in total. The van der Waals surface area contributed by atoms with E-state index in [9.17, 15) is 0 Å². The molecule has 0 bridgehead atoms. The number of aromatic nitrogens is 1. The third-order valence-electron chi connectivity index (χ3n) is 5.62. The van der Waals surface area contributed by atoms with Crippen LogP contribution in [-0.4, -0.2) is 17.6 Å². The van der Waals surface area contributed by atoms with Crippen molar-refractivity contribution in [1.29, 1.82) is 0 Å². The number of pyridine rings is 1. The molecular weight excluding hydrogens is 256 g/mol. The summed E-state index contributed by atoms with van der Waals surface area (Å²) in [7, 11) is 0. The average molecular weight is 286 g/mol. The number of nitrogens with zero attached hydrogens (tertiary/aromatic N) is 1. The van der Waals surface area contributed by atoms with Gasteiger partial charge < -0.3 is 5.32 Å². The van der Waals surface area contributed by atoms with E-state index in [2.05, 4.69) is 29.4 Å². The monoisotopic (exact) mass is 286 g/mol. The molecule has 2 aliphatic carbocycles. The highest BCUT2D eigenvalue weighted by Gasteiger charge is 2.24. The standard InChI is InChI=1S/C19H30N2/c1-15-5-4-13-21-19(15)17-10-8-16(9-11-17)12-14-20-18-6-2-3-7-18/h4-5,13,16-18,20H,2-3,6-12,14H2,1H3. The Balaban J connectivity index is 1.39. The zero-order valence-corrected chi connectivity index (χ0v) is 13.5. The summed E-state index contributed by atoms with van der Waals surface area (Å²) in [5, 5.41) is 3.77. The van der Waals surface area contributed by atoms with Crippen LogP contribution < -0.4 is 5.32 Å². The summed E-state index contributed by atoms with van der Waals surface area (Å²) in [5.74, 6) is 1.66. The molecule has 3 rings (SSSR count). The third kappa shape index (κ3) is 4.06. The summed E-state index contributed by atoms with van der Waals surface area (Å²) >= 11 is 0. The molecule has 1 aromatic heterocycles. The highest BCUT2D eigenvalue weighted by molar-refractivity contribution is 5.21. The lowest BCUT2D eigenvalue weighted by atomic mass is 9.78. The van der Waals surface area contributed by atoms with Crippen LogP contribution in [0.4, 0.5) is 0 Å². The van der Waals surface area contributed by atoms with Crippen LogP contribution >= 0.6 is 0 Å². The third-order valence-corrected chi connectivity index (χ3v) is 5.62. The number of hydrogen-bond acceptors (Lipinski definition) is 2. The molecule has 2 nitrogen and oxygen atoms in total. The van der Waals surface area contributed by atoms with Gasteiger partial charge in [0.15, 0.2) is 0 Å². The van der Waals surface area contributed by atoms with Crippen LogP contribution in [0.5, 0.6) is 0 Å². The van der Waals surface area contributed by atoms with Crippen molar-refractivity contribution in [1.82, 2.24) is 10.3 Å². The lowest BCUT2D eigenvalue weighted by molar-refractivity contribution is 0.299. The Labute approximate surface area is 129 Å². The molecule has 0 saturated heterocycles. The molecule has 0 amide bonds. The molecule has 116 valence electrons. The largest absolute Gasteiger partial charge is 0.314 e. The van der Waals surface area contributed by atoms with Gasteiger partial charge in [0, 0.05) is 23.9 Å². The highest BCUT2D eigenvalue weighted by atomic mass is 14.9. The van der Waals surface area contributed by atoms with Crippen molar-refractivity contribution >= 4 is 0 Å². The fraction of sp³-hybridized carbons (Fsp3) is 0.737. The first-order valence-corrected chi connectivity index (χ1v) is 8.98. The van der Waals surface area contributed by atoms with E-state index in [0.29, 0.717) is 5.92 Å². The molecule has 0 spiro atoms. The average Bonchev–Trinajstić information content (AvgIpc) is 3.02. The Morgan fingerprint density at radius 1 is 1.10 bits per heavy atom. The van der Waals surface area contributed by atoms with Crippen LogP contribution in [0.3, 0.4) is 0 Å². The van der Waals surface area contributed by atoms with Gasteiger partial charge in [0.2, 0.25) is 0 Å². The number of hydrogen-bond donors (Lipinski definition) is 1. The molecule has 0 aromatic carbocycles. The van der Waals surface area contributed by atoms with Crippen LogP contribution in [0.1, 0.15) is 75.0 Å². The summed E-state index contributed by atoms with van der Waals surface area (Å²) in [6.45, 7) is 3.45. The zero-order chi connectivity index (χ0) is 14.5.